The molecule has 0 aliphatic carbocycles. The predicted molar refractivity (Wildman–Crippen MR) is 133 cm³/mol. The van der Waals surface area contributed by atoms with Crippen molar-refractivity contribution in [3.05, 3.63) is 101 Å². The Morgan fingerprint density at radius 2 is 1.60 bits per heavy atom. The van der Waals surface area contributed by atoms with Crippen LogP contribution in [0.3, 0.4) is 0 Å². The monoisotopic (exact) mass is 558 g/mol. The van der Waals surface area contributed by atoms with Crippen LogP contribution in [0.15, 0.2) is 66.7 Å². The van der Waals surface area contributed by atoms with Crippen LogP contribution >= 0.6 is 0 Å². The molecule has 5 rings (SSSR count). The molecule has 0 atom stereocenters. The van der Waals surface area contributed by atoms with E-state index in [0.717, 1.165) is 29.6 Å². The zero-order valence-corrected chi connectivity index (χ0v) is 21.0. The minimum atomic E-state index is -5.95. The molecule has 0 aliphatic heterocycles. The van der Waals surface area contributed by atoms with E-state index >= 15 is 0 Å². The lowest BCUT2D eigenvalue weighted by atomic mass is 10.1. The van der Waals surface area contributed by atoms with Crippen LogP contribution in [0.4, 0.5) is 26.3 Å². The highest BCUT2D eigenvalue weighted by Crippen LogP contribution is 2.44. The Labute approximate surface area is 223 Å². The van der Waals surface area contributed by atoms with Crippen LogP contribution in [0.1, 0.15) is 33.1 Å². The van der Waals surface area contributed by atoms with E-state index in [2.05, 4.69) is 20.5 Å². The maximum Gasteiger partial charge on any atom is 0.459 e. The Bertz CT molecular complexity index is 1710. The molecule has 0 saturated carbocycles. The zero-order chi connectivity index (χ0) is 28.8. The van der Waals surface area contributed by atoms with Gasteiger partial charge in [-0.2, -0.15) is 32.1 Å². The van der Waals surface area contributed by atoms with Crippen LogP contribution in [0.5, 0.6) is 0 Å². The first kappa shape index (κ1) is 26.9. The van der Waals surface area contributed by atoms with Gasteiger partial charge in [0.15, 0.2) is 11.3 Å². The van der Waals surface area contributed by atoms with Crippen molar-refractivity contribution < 1.29 is 31.1 Å². The second-order valence-electron chi connectivity index (χ2n) is 8.98. The van der Waals surface area contributed by atoms with Gasteiger partial charge in [-0.3, -0.25) is 4.79 Å². The van der Waals surface area contributed by atoms with Crippen LogP contribution in [0, 0.1) is 19.7 Å². The highest BCUT2D eigenvalue weighted by molar-refractivity contribution is 5.93. The fourth-order valence-corrected chi connectivity index (χ4v) is 4.23. The maximum absolute atomic E-state index is 14.6. The number of nitrogens with one attached hydrogen (secondary N) is 1. The van der Waals surface area contributed by atoms with E-state index in [1.54, 1.807) is 11.6 Å². The number of hydrogen-bond donors (Lipinski definition) is 1. The summed E-state index contributed by atoms with van der Waals surface area (Å²) in [5.74, 6) is -6.78. The van der Waals surface area contributed by atoms with E-state index in [-0.39, 0.29) is 17.8 Å². The van der Waals surface area contributed by atoms with Gasteiger partial charge in [0.1, 0.15) is 11.5 Å². The lowest BCUT2D eigenvalue weighted by Crippen LogP contribution is -2.36. The van der Waals surface area contributed by atoms with Gasteiger partial charge in [-0.15, -0.1) is 0 Å². The molecule has 0 fully saturated rings. The Balaban J connectivity index is 1.50. The molecule has 0 spiro atoms. The molecule has 0 aliphatic rings. The van der Waals surface area contributed by atoms with Gasteiger partial charge in [0, 0.05) is 29.4 Å². The molecule has 3 aromatic heterocycles. The molecule has 5 aromatic rings. The van der Waals surface area contributed by atoms with Gasteiger partial charge in [0.25, 0.3) is 5.91 Å². The average molecular weight is 558 g/mol. The van der Waals surface area contributed by atoms with Gasteiger partial charge in [-0.25, -0.2) is 18.6 Å². The number of hydrogen-bond acceptors (Lipinski definition) is 4. The summed E-state index contributed by atoms with van der Waals surface area (Å²) < 4.78 is 84.6. The number of alkyl halides is 5. The lowest BCUT2D eigenvalue weighted by molar-refractivity contribution is -0.291. The van der Waals surface area contributed by atoms with Crippen molar-refractivity contribution in [2.24, 2.45) is 0 Å². The number of benzene rings is 2. The first-order valence-electron chi connectivity index (χ1n) is 11.9. The van der Waals surface area contributed by atoms with E-state index in [0.29, 0.717) is 21.8 Å². The SMILES string of the molecule is Cc1nn(-c2ccccc2)c(C)c1CNC(=O)c1cc2nc(-c3ccc(F)cc3)cc(C(F)(F)C(F)(F)F)n2n1. The number of aromatic nitrogens is 5. The molecule has 13 heteroatoms. The molecular weight excluding hydrogens is 538 g/mol. The topological polar surface area (TPSA) is 77.1 Å². The Kier molecular flexibility index (Phi) is 6.60. The molecule has 40 heavy (non-hydrogen) atoms. The van der Waals surface area contributed by atoms with Crippen LogP contribution in [0.25, 0.3) is 22.6 Å². The second kappa shape index (κ2) is 9.81. The molecule has 0 radical (unpaired) electrons. The third-order valence-corrected chi connectivity index (χ3v) is 6.35. The fraction of sp³-hybridized carbons (Fsp3) is 0.185. The number of carbonyl (C=O) groups excluding carboxylic acids is 1. The number of halogens is 6. The van der Waals surface area contributed by atoms with Gasteiger partial charge in [-0.1, -0.05) is 18.2 Å². The molecule has 3 heterocycles. The number of aryl methyl sites for hydroxylation is 1. The normalized spacial score (nSPS) is 12.2. The zero-order valence-electron chi connectivity index (χ0n) is 21.0. The summed E-state index contributed by atoms with van der Waals surface area (Å²) in [5, 5.41) is 10.8. The second-order valence-corrected chi connectivity index (χ2v) is 8.98. The van der Waals surface area contributed by atoms with Crippen LogP contribution in [-0.4, -0.2) is 36.5 Å². The highest BCUT2D eigenvalue weighted by atomic mass is 19.4. The number of rotatable bonds is 6. The van der Waals surface area contributed by atoms with E-state index in [1.165, 1.54) is 12.1 Å². The van der Waals surface area contributed by atoms with E-state index in [9.17, 15) is 31.1 Å². The summed E-state index contributed by atoms with van der Waals surface area (Å²) >= 11 is 0. The van der Waals surface area contributed by atoms with Crippen molar-refractivity contribution in [3.8, 4) is 16.9 Å². The Morgan fingerprint density at radius 1 is 0.925 bits per heavy atom. The van der Waals surface area contributed by atoms with Gasteiger partial charge < -0.3 is 5.32 Å². The smallest absolute Gasteiger partial charge is 0.346 e. The summed E-state index contributed by atoms with van der Waals surface area (Å²) in [6.07, 6.45) is -5.95. The van der Waals surface area contributed by atoms with Crippen molar-refractivity contribution in [1.82, 2.24) is 29.7 Å². The molecule has 0 saturated heterocycles. The number of amides is 1. The van der Waals surface area contributed by atoms with Crippen molar-refractivity contribution in [2.45, 2.75) is 32.5 Å². The molecule has 206 valence electrons. The molecule has 1 N–H and O–H groups in total. The molecule has 7 nitrogen and oxygen atoms in total. The molecule has 1 amide bonds. The minimum Gasteiger partial charge on any atom is -0.346 e. The maximum atomic E-state index is 14.6. The summed E-state index contributed by atoms with van der Waals surface area (Å²) in [4.78, 5) is 17.0. The molecule has 0 unspecified atom stereocenters. The summed E-state index contributed by atoms with van der Waals surface area (Å²) in [7, 11) is 0. The number of para-hydroxylation sites is 1. The van der Waals surface area contributed by atoms with Gasteiger partial charge in [0.05, 0.1) is 17.1 Å². The summed E-state index contributed by atoms with van der Waals surface area (Å²) in [6, 6.07) is 15.2. The minimum absolute atomic E-state index is 0.00294. The van der Waals surface area contributed by atoms with Crippen LogP contribution < -0.4 is 5.32 Å². The standard InChI is InChI=1S/C27H20F6N6O/c1-15-20(16(2)38(36-15)19-6-4-3-5-7-19)14-34-25(40)22-13-24-35-21(17-8-10-18(28)11-9-17)12-23(39(24)37-22)26(29,30)27(31,32)33/h3-13H,14H2,1-2H3,(H,34,40). The van der Waals surface area contributed by atoms with Gasteiger partial charge >= 0.3 is 12.1 Å². The average Bonchev–Trinajstić information content (AvgIpc) is 3.47. The van der Waals surface area contributed by atoms with E-state index < -0.39 is 40.9 Å². The summed E-state index contributed by atoms with van der Waals surface area (Å²) in [6.45, 7) is 3.56. The van der Waals surface area contributed by atoms with Crippen molar-refractivity contribution >= 4 is 11.6 Å². The quantitative estimate of drug-likeness (QED) is 0.263. The Hall–Kier alpha value is -4.68. The molecule has 0 bridgehead atoms. The number of fused-ring (bicyclic) bond motifs is 1. The fourth-order valence-electron chi connectivity index (χ4n) is 4.23. The van der Waals surface area contributed by atoms with Crippen molar-refractivity contribution in [3.63, 3.8) is 0 Å². The van der Waals surface area contributed by atoms with Crippen LogP contribution in [0.2, 0.25) is 0 Å². The van der Waals surface area contributed by atoms with Crippen molar-refractivity contribution in [1.29, 1.82) is 0 Å². The third kappa shape index (κ3) is 4.78. The lowest BCUT2D eigenvalue weighted by Gasteiger charge is -2.21. The molecule has 2 aromatic carbocycles. The first-order chi connectivity index (χ1) is 18.9. The Morgan fingerprint density at radius 3 is 2.25 bits per heavy atom. The van der Waals surface area contributed by atoms with E-state index in [4.69, 9.17) is 0 Å². The van der Waals surface area contributed by atoms with Crippen LogP contribution in [-0.2, 0) is 12.5 Å². The third-order valence-electron chi connectivity index (χ3n) is 6.35. The van der Waals surface area contributed by atoms with Gasteiger partial charge in [0.2, 0.25) is 0 Å². The number of nitrogens with zero attached hydrogens (tertiary/aromatic N) is 5. The van der Waals surface area contributed by atoms with E-state index in [1.807, 2.05) is 37.3 Å². The predicted octanol–water partition coefficient (Wildman–Crippen LogP) is 5.92. The summed E-state index contributed by atoms with van der Waals surface area (Å²) in [5.41, 5.74) is 0.313. The first-order valence-corrected chi connectivity index (χ1v) is 11.9. The van der Waals surface area contributed by atoms with Crippen molar-refractivity contribution in [2.75, 3.05) is 0 Å². The molecular formula is C27H20F6N6O. The highest BCUT2D eigenvalue weighted by Gasteiger charge is 2.60. The van der Waals surface area contributed by atoms with Gasteiger partial charge in [-0.05, 0) is 56.3 Å². The largest absolute Gasteiger partial charge is 0.459 e. The number of carbonyl (C=O) groups is 1.